The molecule has 1 atom stereocenters. The Kier molecular flexibility index (Phi) is 7.26. The molecule has 0 saturated carbocycles. The number of benzene rings is 1. The van der Waals surface area contributed by atoms with Gasteiger partial charge in [-0.15, -0.1) is 0 Å². The Hall–Kier alpha value is -1.39. The molecule has 0 aromatic heterocycles. The number of rotatable bonds is 8. The lowest BCUT2D eigenvalue weighted by atomic mass is 10.0. The van der Waals surface area contributed by atoms with Crippen LogP contribution in [0, 0.1) is 0 Å². The van der Waals surface area contributed by atoms with Gasteiger partial charge in [0.1, 0.15) is 6.04 Å². The standard InChI is InChI=1S/C16H26N2O2/c1-4-18(5-2)12-14-9-7-13(8-10-14)11-15(17)16(19)20-6-3/h7-10,15H,4-6,11-12,17H2,1-3H3. The van der Waals surface area contributed by atoms with Crippen molar-refractivity contribution in [1.82, 2.24) is 4.90 Å². The Labute approximate surface area is 121 Å². The SMILES string of the molecule is CCOC(=O)C(N)Cc1ccc(CN(CC)CC)cc1. The van der Waals surface area contributed by atoms with E-state index in [1.807, 2.05) is 12.1 Å². The van der Waals surface area contributed by atoms with Crippen LogP contribution in [0.2, 0.25) is 0 Å². The molecule has 0 saturated heterocycles. The summed E-state index contributed by atoms with van der Waals surface area (Å²) in [5.74, 6) is -0.334. The predicted octanol–water partition coefficient (Wildman–Crippen LogP) is 1.96. The molecule has 4 heteroatoms. The van der Waals surface area contributed by atoms with Crippen LogP contribution in [0.5, 0.6) is 0 Å². The van der Waals surface area contributed by atoms with Crippen molar-refractivity contribution < 1.29 is 9.53 Å². The Morgan fingerprint density at radius 1 is 1.15 bits per heavy atom. The highest BCUT2D eigenvalue weighted by Crippen LogP contribution is 2.09. The second-order valence-electron chi connectivity index (χ2n) is 4.84. The third-order valence-electron chi connectivity index (χ3n) is 3.37. The van der Waals surface area contributed by atoms with E-state index in [9.17, 15) is 4.79 Å². The maximum atomic E-state index is 11.5. The normalized spacial score (nSPS) is 12.4. The average molecular weight is 278 g/mol. The van der Waals surface area contributed by atoms with Crippen molar-refractivity contribution in [1.29, 1.82) is 0 Å². The molecule has 1 unspecified atom stereocenters. The maximum Gasteiger partial charge on any atom is 0.323 e. The van der Waals surface area contributed by atoms with Crippen LogP contribution in [-0.2, 0) is 22.5 Å². The zero-order valence-electron chi connectivity index (χ0n) is 12.8. The van der Waals surface area contributed by atoms with E-state index >= 15 is 0 Å². The van der Waals surface area contributed by atoms with E-state index in [-0.39, 0.29) is 5.97 Å². The first kappa shape index (κ1) is 16.7. The minimum Gasteiger partial charge on any atom is -0.465 e. The van der Waals surface area contributed by atoms with E-state index in [4.69, 9.17) is 10.5 Å². The summed E-state index contributed by atoms with van der Waals surface area (Å²) in [5.41, 5.74) is 8.16. The molecule has 0 aliphatic rings. The van der Waals surface area contributed by atoms with Crippen molar-refractivity contribution in [3.8, 4) is 0 Å². The van der Waals surface area contributed by atoms with Crippen LogP contribution in [0.25, 0.3) is 0 Å². The van der Waals surface area contributed by atoms with Gasteiger partial charge in [-0.2, -0.15) is 0 Å². The third kappa shape index (κ3) is 5.31. The van der Waals surface area contributed by atoms with E-state index in [2.05, 4.69) is 30.9 Å². The fourth-order valence-corrected chi connectivity index (χ4v) is 2.07. The minimum atomic E-state index is -0.580. The molecule has 0 amide bonds. The number of carbonyl (C=O) groups excluding carboxylic acids is 1. The lowest BCUT2D eigenvalue weighted by Gasteiger charge is -2.18. The van der Waals surface area contributed by atoms with E-state index in [0.717, 1.165) is 25.2 Å². The van der Waals surface area contributed by atoms with Crippen LogP contribution in [0.3, 0.4) is 0 Å². The van der Waals surface area contributed by atoms with Crippen molar-refractivity contribution in [2.75, 3.05) is 19.7 Å². The molecule has 1 rings (SSSR count). The van der Waals surface area contributed by atoms with Crippen LogP contribution in [0.15, 0.2) is 24.3 Å². The second kappa shape index (κ2) is 8.72. The van der Waals surface area contributed by atoms with Gasteiger partial charge in [-0.1, -0.05) is 38.1 Å². The van der Waals surface area contributed by atoms with Crippen LogP contribution in [0.4, 0.5) is 0 Å². The number of carbonyl (C=O) groups is 1. The van der Waals surface area contributed by atoms with Crippen LogP contribution < -0.4 is 5.73 Å². The summed E-state index contributed by atoms with van der Waals surface area (Å²) < 4.78 is 4.91. The van der Waals surface area contributed by atoms with Gasteiger partial charge in [-0.3, -0.25) is 9.69 Å². The highest BCUT2D eigenvalue weighted by atomic mass is 16.5. The summed E-state index contributed by atoms with van der Waals surface area (Å²) in [6, 6.07) is 7.70. The van der Waals surface area contributed by atoms with Crippen molar-refractivity contribution in [3.05, 3.63) is 35.4 Å². The summed E-state index contributed by atoms with van der Waals surface area (Å²) in [4.78, 5) is 13.8. The van der Waals surface area contributed by atoms with Crippen molar-refractivity contribution in [3.63, 3.8) is 0 Å². The molecule has 0 aliphatic carbocycles. The molecule has 4 nitrogen and oxygen atoms in total. The Morgan fingerprint density at radius 2 is 1.70 bits per heavy atom. The summed E-state index contributed by atoms with van der Waals surface area (Å²) in [5, 5.41) is 0. The van der Waals surface area contributed by atoms with Crippen molar-refractivity contribution in [2.45, 2.75) is 39.8 Å². The number of hydrogen-bond acceptors (Lipinski definition) is 4. The Bertz CT molecular complexity index is 399. The number of nitrogens with two attached hydrogens (primary N) is 1. The molecular weight excluding hydrogens is 252 g/mol. The first-order chi connectivity index (χ1) is 9.60. The molecule has 0 aliphatic heterocycles. The molecule has 0 radical (unpaired) electrons. The van der Waals surface area contributed by atoms with E-state index < -0.39 is 6.04 Å². The molecule has 0 spiro atoms. The molecule has 1 aromatic rings. The zero-order chi connectivity index (χ0) is 15.0. The summed E-state index contributed by atoms with van der Waals surface area (Å²) >= 11 is 0. The summed E-state index contributed by atoms with van der Waals surface area (Å²) in [6.45, 7) is 9.53. The number of esters is 1. The smallest absolute Gasteiger partial charge is 0.323 e. The van der Waals surface area contributed by atoms with Gasteiger partial charge in [0, 0.05) is 6.54 Å². The number of nitrogens with zero attached hydrogens (tertiary/aromatic N) is 1. The van der Waals surface area contributed by atoms with E-state index in [1.165, 1.54) is 5.56 Å². The fraction of sp³-hybridized carbons (Fsp3) is 0.562. The van der Waals surface area contributed by atoms with Gasteiger partial charge in [0.15, 0.2) is 0 Å². The van der Waals surface area contributed by atoms with E-state index in [0.29, 0.717) is 13.0 Å². The summed E-state index contributed by atoms with van der Waals surface area (Å²) in [7, 11) is 0. The Balaban J connectivity index is 2.56. The van der Waals surface area contributed by atoms with Gasteiger partial charge in [0.2, 0.25) is 0 Å². The number of ether oxygens (including phenoxy) is 1. The van der Waals surface area contributed by atoms with Gasteiger partial charge in [0.05, 0.1) is 6.61 Å². The topological polar surface area (TPSA) is 55.6 Å². The predicted molar refractivity (Wildman–Crippen MR) is 81.4 cm³/mol. The quantitative estimate of drug-likeness (QED) is 0.739. The second-order valence-corrected chi connectivity index (χ2v) is 4.84. The van der Waals surface area contributed by atoms with Crippen LogP contribution in [-0.4, -0.2) is 36.6 Å². The first-order valence-corrected chi connectivity index (χ1v) is 7.33. The number of hydrogen-bond donors (Lipinski definition) is 1. The minimum absolute atomic E-state index is 0.334. The van der Waals surface area contributed by atoms with Gasteiger partial charge < -0.3 is 10.5 Å². The van der Waals surface area contributed by atoms with Gasteiger partial charge in [0.25, 0.3) is 0 Å². The van der Waals surface area contributed by atoms with Crippen LogP contribution >= 0.6 is 0 Å². The highest BCUT2D eigenvalue weighted by molar-refractivity contribution is 5.75. The molecule has 20 heavy (non-hydrogen) atoms. The lowest BCUT2D eigenvalue weighted by Crippen LogP contribution is -2.34. The molecule has 0 fully saturated rings. The van der Waals surface area contributed by atoms with Crippen LogP contribution in [0.1, 0.15) is 31.9 Å². The molecule has 2 N–H and O–H groups in total. The van der Waals surface area contributed by atoms with E-state index in [1.54, 1.807) is 6.92 Å². The maximum absolute atomic E-state index is 11.5. The monoisotopic (exact) mass is 278 g/mol. The lowest BCUT2D eigenvalue weighted by molar-refractivity contribution is -0.144. The van der Waals surface area contributed by atoms with Gasteiger partial charge in [-0.25, -0.2) is 0 Å². The average Bonchev–Trinajstić information content (AvgIpc) is 2.46. The third-order valence-corrected chi connectivity index (χ3v) is 3.37. The molecule has 1 aromatic carbocycles. The first-order valence-electron chi connectivity index (χ1n) is 7.33. The molecule has 0 heterocycles. The largest absolute Gasteiger partial charge is 0.465 e. The molecule has 112 valence electrons. The highest BCUT2D eigenvalue weighted by Gasteiger charge is 2.14. The van der Waals surface area contributed by atoms with Gasteiger partial charge >= 0.3 is 5.97 Å². The van der Waals surface area contributed by atoms with Crippen molar-refractivity contribution >= 4 is 5.97 Å². The van der Waals surface area contributed by atoms with Crippen molar-refractivity contribution in [2.24, 2.45) is 5.73 Å². The molecule has 0 bridgehead atoms. The summed E-state index contributed by atoms with van der Waals surface area (Å²) in [6.07, 6.45) is 0.518. The fourth-order valence-electron chi connectivity index (χ4n) is 2.07. The van der Waals surface area contributed by atoms with Gasteiger partial charge in [-0.05, 0) is 37.6 Å². The Morgan fingerprint density at radius 3 is 2.20 bits per heavy atom. The zero-order valence-corrected chi connectivity index (χ0v) is 12.8. The molecular formula is C16H26N2O2.